The number of halogens is 1. The van der Waals surface area contributed by atoms with Gasteiger partial charge in [-0.1, -0.05) is 19.9 Å². The summed E-state index contributed by atoms with van der Waals surface area (Å²) in [4.78, 5) is 16.7. The number of nitrogens with zero attached hydrogens (tertiary/aromatic N) is 1. The molecule has 19 heavy (non-hydrogen) atoms. The lowest BCUT2D eigenvalue weighted by molar-refractivity contribution is 0.0926. The third kappa shape index (κ3) is 3.38. The molecule has 1 amide bonds. The SMILES string of the molecule is CC(C)C(NC(=O)c1ccc(F)nc1)c1cccs1. The minimum absolute atomic E-state index is 0.0439. The number of carbonyl (C=O) groups is 1. The van der Waals surface area contributed by atoms with Crippen LogP contribution in [0.15, 0.2) is 35.8 Å². The Morgan fingerprint density at radius 1 is 1.37 bits per heavy atom. The monoisotopic (exact) mass is 278 g/mol. The van der Waals surface area contributed by atoms with Gasteiger partial charge in [-0.25, -0.2) is 4.98 Å². The first-order valence-corrected chi connectivity index (χ1v) is 6.91. The van der Waals surface area contributed by atoms with E-state index in [1.165, 1.54) is 18.3 Å². The topological polar surface area (TPSA) is 42.0 Å². The van der Waals surface area contributed by atoms with Gasteiger partial charge in [-0.05, 0) is 29.5 Å². The van der Waals surface area contributed by atoms with Gasteiger partial charge in [0.2, 0.25) is 5.95 Å². The highest BCUT2D eigenvalue weighted by Crippen LogP contribution is 2.26. The van der Waals surface area contributed by atoms with E-state index in [1.807, 2.05) is 31.4 Å². The van der Waals surface area contributed by atoms with Gasteiger partial charge in [0.15, 0.2) is 0 Å². The van der Waals surface area contributed by atoms with Gasteiger partial charge in [-0.15, -0.1) is 11.3 Å². The zero-order valence-corrected chi connectivity index (χ0v) is 11.6. The van der Waals surface area contributed by atoms with Crippen molar-refractivity contribution in [1.82, 2.24) is 10.3 Å². The van der Waals surface area contributed by atoms with Gasteiger partial charge in [-0.3, -0.25) is 4.79 Å². The Labute approximate surface area is 115 Å². The first-order valence-electron chi connectivity index (χ1n) is 6.03. The Hall–Kier alpha value is -1.75. The fourth-order valence-electron chi connectivity index (χ4n) is 1.77. The molecule has 0 spiro atoms. The summed E-state index contributed by atoms with van der Waals surface area (Å²) in [6.45, 7) is 4.10. The molecule has 2 rings (SSSR count). The molecule has 0 aliphatic carbocycles. The van der Waals surface area contributed by atoms with E-state index in [2.05, 4.69) is 10.3 Å². The highest BCUT2D eigenvalue weighted by Gasteiger charge is 2.20. The molecule has 1 atom stereocenters. The molecule has 0 saturated heterocycles. The minimum Gasteiger partial charge on any atom is -0.344 e. The second kappa shape index (κ2) is 5.93. The molecule has 0 aliphatic rings. The van der Waals surface area contributed by atoms with Gasteiger partial charge < -0.3 is 5.32 Å². The molecule has 0 radical (unpaired) electrons. The van der Waals surface area contributed by atoms with Crippen LogP contribution in [0.5, 0.6) is 0 Å². The van der Waals surface area contributed by atoms with Gasteiger partial charge in [-0.2, -0.15) is 4.39 Å². The third-order valence-corrected chi connectivity index (χ3v) is 3.75. The minimum atomic E-state index is -0.588. The lowest BCUT2D eigenvalue weighted by Crippen LogP contribution is -2.31. The maximum atomic E-state index is 12.7. The van der Waals surface area contributed by atoms with E-state index in [-0.39, 0.29) is 17.9 Å². The van der Waals surface area contributed by atoms with E-state index < -0.39 is 5.95 Å². The second-order valence-corrected chi connectivity index (χ2v) is 5.56. The van der Waals surface area contributed by atoms with Crippen molar-refractivity contribution in [3.63, 3.8) is 0 Å². The first kappa shape index (κ1) is 13.7. The smallest absolute Gasteiger partial charge is 0.253 e. The largest absolute Gasteiger partial charge is 0.344 e. The van der Waals surface area contributed by atoms with E-state index in [9.17, 15) is 9.18 Å². The van der Waals surface area contributed by atoms with E-state index in [1.54, 1.807) is 11.3 Å². The van der Waals surface area contributed by atoms with Crippen molar-refractivity contribution < 1.29 is 9.18 Å². The lowest BCUT2D eigenvalue weighted by atomic mass is 10.0. The Bertz CT molecular complexity index is 537. The lowest BCUT2D eigenvalue weighted by Gasteiger charge is -2.21. The van der Waals surface area contributed by atoms with Crippen molar-refractivity contribution >= 4 is 17.2 Å². The molecular formula is C14H15FN2OS. The van der Waals surface area contributed by atoms with Crippen molar-refractivity contribution in [3.05, 3.63) is 52.2 Å². The van der Waals surface area contributed by atoms with Crippen LogP contribution in [-0.4, -0.2) is 10.9 Å². The molecule has 0 fully saturated rings. The zero-order valence-electron chi connectivity index (χ0n) is 10.8. The maximum Gasteiger partial charge on any atom is 0.253 e. The highest BCUT2D eigenvalue weighted by molar-refractivity contribution is 7.10. The summed E-state index contributed by atoms with van der Waals surface area (Å²) in [7, 11) is 0. The number of pyridine rings is 1. The predicted octanol–water partition coefficient (Wildman–Crippen LogP) is 3.41. The molecule has 2 aromatic heterocycles. The molecule has 3 nitrogen and oxygen atoms in total. The van der Waals surface area contributed by atoms with Crippen molar-refractivity contribution in [2.24, 2.45) is 5.92 Å². The van der Waals surface area contributed by atoms with Crippen LogP contribution in [-0.2, 0) is 0 Å². The number of aromatic nitrogens is 1. The molecule has 0 aliphatic heterocycles. The molecule has 5 heteroatoms. The Morgan fingerprint density at radius 2 is 2.16 bits per heavy atom. The third-order valence-electron chi connectivity index (χ3n) is 2.79. The number of hydrogen-bond acceptors (Lipinski definition) is 3. The van der Waals surface area contributed by atoms with E-state index in [0.717, 1.165) is 4.88 Å². The van der Waals surface area contributed by atoms with Gasteiger partial charge >= 0.3 is 0 Å². The molecular weight excluding hydrogens is 263 g/mol. The van der Waals surface area contributed by atoms with Crippen LogP contribution in [0.25, 0.3) is 0 Å². The summed E-state index contributed by atoms with van der Waals surface area (Å²) in [6.07, 6.45) is 1.25. The summed E-state index contributed by atoms with van der Waals surface area (Å²) in [5.41, 5.74) is 0.364. The Kier molecular flexibility index (Phi) is 4.27. The van der Waals surface area contributed by atoms with Crippen LogP contribution >= 0.6 is 11.3 Å². The van der Waals surface area contributed by atoms with E-state index >= 15 is 0 Å². The number of hydrogen-bond donors (Lipinski definition) is 1. The quantitative estimate of drug-likeness (QED) is 0.871. The first-order chi connectivity index (χ1) is 9.08. The maximum absolute atomic E-state index is 12.7. The predicted molar refractivity (Wildman–Crippen MR) is 73.6 cm³/mol. The summed E-state index contributed by atoms with van der Waals surface area (Å²) in [5, 5.41) is 4.95. The van der Waals surface area contributed by atoms with Gasteiger partial charge in [0.05, 0.1) is 11.6 Å². The number of carbonyl (C=O) groups excluding carboxylic acids is 1. The normalized spacial score (nSPS) is 12.4. The summed E-state index contributed by atoms with van der Waals surface area (Å²) in [5.74, 6) is -0.550. The summed E-state index contributed by atoms with van der Waals surface area (Å²) >= 11 is 1.61. The van der Waals surface area contributed by atoms with Crippen molar-refractivity contribution in [3.8, 4) is 0 Å². The van der Waals surface area contributed by atoms with Crippen LogP contribution in [0.3, 0.4) is 0 Å². The fourth-order valence-corrected chi connectivity index (χ4v) is 2.72. The van der Waals surface area contributed by atoms with E-state index in [4.69, 9.17) is 0 Å². The average molecular weight is 278 g/mol. The Morgan fingerprint density at radius 3 is 2.68 bits per heavy atom. The summed E-state index contributed by atoms with van der Waals surface area (Å²) < 4.78 is 12.7. The number of rotatable bonds is 4. The molecule has 100 valence electrons. The molecule has 2 heterocycles. The highest BCUT2D eigenvalue weighted by atomic mass is 32.1. The molecule has 0 bridgehead atoms. The van der Waals surface area contributed by atoms with Crippen molar-refractivity contribution in [1.29, 1.82) is 0 Å². The number of amides is 1. The molecule has 0 saturated carbocycles. The zero-order chi connectivity index (χ0) is 13.8. The van der Waals surface area contributed by atoms with Crippen LogP contribution in [0.4, 0.5) is 4.39 Å². The Balaban J connectivity index is 2.14. The molecule has 0 aromatic carbocycles. The number of thiophene rings is 1. The van der Waals surface area contributed by atoms with Crippen LogP contribution < -0.4 is 5.32 Å². The van der Waals surface area contributed by atoms with Crippen LogP contribution in [0.2, 0.25) is 0 Å². The van der Waals surface area contributed by atoms with Crippen molar-refractivity contribution in [2.45, 2.75) is 19.9 Å². The standard InChI is InChI=1S/C14H15FN2OS/c1-9(2)13(11-4-3-7-19-11)17-14(18)10-5-6-12(15)16-8-10/h3-9,13H,1-2H3,(H,17,18). The number of nitrogens with one attached hydrogen (secondary N) is 1. The molecule has 1 unspecified atom stereocenters. The van der Waals surface area contributed by atoms with E-state index in [0.29, 0.717) is 5.56 Å². The second-order valence-electron chi connectivity index (χ2n) is 4.58. The molecule has 1 N–H and O–H groups in total. The fraction of sp³-hybridized carbons (Fsp3) is 0.286. The molecule has 2 aromatic rings. The van der Waals surface area contributed by atoms with Gasteiger partial charge in [0.1, 0.15) is 0 Å². The van der Waals surface area contributed by atoms with Crippen LogP contribution in [0, 0.1) is 11.9 Å². The van der Waals surface area contributed by atoms with Crippen LogP contribution in [0.1, 0.15) is 35.1 Å². The van der Waals surface area contributed by atoms with Gasteiger partial charge in [0.25, 0.3) is 5.91 Å². The summed E-state index contributed by atoms with van der Waals surface area (Å²) in [6, 6.07) is 6.53. The van der Waals surface area contributed by atoms with Gasteiger partial charge in [0, 0.05) is 11.1 Å². The van der Waals surface area contributed by atoms with Crippen molar-refractivity contribution in [2.75, 3.05) is 0 Å². The average Bonchev–Trinajstić information content (AvgIpc) is 2.89.